The summed E-state index contributed by atoms with van der Waals surface area (Å²) in [5, 5.41) is 2.87. The molecular weight excluding hydrogens is 302 g/mol. The Hall–Kier alpha value is -1.75. The summed E-state index contributed by atoms with van der Waals surface area (Å²) in [7, 11) is 2.03. The predicted octanol–water partition coefficient (Wildman–Crippen LogP) is 3.02. The van der Waals surface area contributed by atoms with Crippen LogP contribution in [0.1, 0.15) is 62.4 Å². The zero-order valence-corrected chi connectivity index (χ0v) is 16.1. The standard InChI is InChI=1S/C19H31N3O2/c1-18(2,3)13-22(7)12-11-21-17(24)15-14(9-8-10-20-15)16(23)19(4,5)6/h8-10H,11-13H2,1-7H3,(H,21,24). The number of carbonyl (C=O) groups excluding carboxylic acids is 2. The van der Waals surface area contributed by atoms with E-state index < -0.39 is 5.41 Å². The van der Waals surface area contributed by atoms with Crippen LogP contribution >= 0.6 is 0 Å². The highest BCUT2D eigenvalue weighted by Crippen LogP contribution is 2.22. The van der Waals surface area contributed by atoms with Gasteiger partial charge in [-0.1, -0.05) is 41.5 Å². The van der Waals surface area contributed by atoms with E-state index in [0.717, 1.165) is 13.1 Å². The molecule has 1 N–H and O–H groups in total. The largest absolute Gasteiger partial charge is 0.349 e. The van der Waals surface area contributed by atoms with E-state index in [0.29, 0.717) is 12.1 Å². The van der Waals surface area contributed by atoms with E-state index in [1.54, 1.807) is 18.3 Å². The van der Waals surface area contributed by atoms with Crippen LogP contribution in [-0.2, 0) is 0 Å². The van der Waals surface area contributed by atoms with Crippen molar-refractivity contribution in [3.63, 3.8) is 0 Å². The fraction of sp³-hybridized carbons (Fsp3) is 0.632. The lowest BCUT2D eigenvalue weighted by Gasteiger charge is -2.26. The Kier molecular flexibility index (Phi) is 6.67. The number of likely N-dealkylation sites (N-methyl/N-ethyl adjacent to an activating group) is 1. The molecule has 1 aromatic rings. The number of carbonyl (C=O) groups is 2. The lowest BCUT2D eigenvalue weighted by atomic mass is 9.86. The molecule has 0 unspecified atom stereocenters. The van der Waals surface area contributed by atoms with Gasteiger partial charge in [-0.15, -0.1) is 0 Å². The number of rotatable bonds is 6. The number of ketones is 1. The molecule has 5 nitrogen and oxygen atoms in total. The van der Waals surface area contributed by atoms with Crippen LogP contribution in [0.2, 0.25) is 0 Å². The maximum Gasteiger partial charge on any atom is 0.270 e. The minimum Gasteiger partial charge on any atom is -0.349 e. The SMILES string of the molecule is CN(CCNC(=O)c1ncccc1C(=O)C(C)(C)C)CC(C)(C)C. The number of aromatic nitrogens is 1. The van der Waals surface area contributed by atoms with Crippen LogP contribution in [0, 0.1) is 10.8 Å². The third kappa shape index (κ3) is 6.40. The number of hydrogen-bond acceptors (Lipinski definition) is 4. The van der Waals surface area contributed by atoms with Gasteiger partial charge in [-0.3, -0.25) is 14.6 Å². The molecule has 24 heavy (non-hydrogen) atoms. The highest BCUT2D eigenvalue weighted by molar-refractivity contribution is 6.08. The van der Waals surface area contributed by atoms with E-state index in [4.69, 9.17) is 0 Å². The van der Waals surface area contributed by atoms with E-state index in [1.807, 2.05) is 27.8 Å². The highest BCUT2D eigenvalue weighted by Gasteiger charge is 2.27. The monoisotopic (exact) mass is 333 g/mol. The molecule has 1 amide bonds. The molecule has 0 aromatic carbocycles. The van der Waals surface area contributed by atoms with Crippen molar-refractivity contribution in [2.24, 2.45) is 10.8 Å². The van der Waals surface area contributed by atoms with Crippen LogP contribution in [0.4, 0.5) is 0 Å². The van der Waals surface area contributed by atoms with Crippen molar-refractivity contribution in [2.75, 3.05) is 26.7 Å². The third-order valence-corrected chi connectivity index (χ3v) is 3.47. The van der Waals surface area contributed by atoms with Crippen LogP contribution in [-0.4, -0.2) is 48.3 Å². The third-order valence-electron chi connectivity index (χ3n) is 3.47. The van der Waals surface area contributed by atoms with Crippen LogP contribution in [0.25, 0.3) is 0 Å². The maximum absolute atomic E-state index is 12.5. The zero-order chi connectivity index (χ0) is 18.5. The number of nitrogens with zero attached hydrogens (tertiary/aromatic N) is 2. The van der Waals surface area contributed by atoms with Gasteiger partial charge in [-0.2, -0.15) is 0 Å². The molecule has 0 spiro atoms. The molecule has 0 saturated carbocycles. The van der Waals surface area contributed by atoms with Gasteiger partial charge in [0.05, 0.1) is 0 Å². The van der Waals surface area contributed by atoms with Crippen molar-refractivity contribution < 1.29 is 9.59 Å². The van der Waals surface area contributed by atoms with Gasteiger partial charge in [0, 0.05) is 36.8 Å². The van der Waals surface area contributed by atoms with Gasteiger partial charge in [0.2, 0.25) is 0 Å². The first-order chi connectivity index (χ1) is 10.9. The summed E-state index contributed by atoms with van der Waals surface area (Å²) >= 11 is 0. The van der Waals surface area contributed by atoms with E-state index in [1.165, 1.54) is 0 Å². The molecule has 1 aromatic heterocycles. The fourth-order valence-electron chi connectivity index (χ4n) is 2.51. The van der Waals surface area contributed by atoms with Gasteiger partial charge in [0.1, 0.15) is 5.69 Å². The van der Waals surface area contributed by atoms with Gasteiger partial charge in [0.15, 0.2) is 5.78 Å². The van der Waals surface area contributed by atoms with Gasteiger partial charge in [0.25, 0.3) is 5.91 Å². The Morgan fingerprint density at radius 1 is 1.17 bits per heavy atom. The van der Waals surface area contributed by atoms with Crippen molar-refractivity contribution in [1.29, 1.82) is 0 Å². The van der Waals surface area contributed by atoms with Crippen LogP contribution < -0.4 is 5.32 Å². The number of hydrogen-bond donors (Lipinski definition) is 1. The van der Waals surface area contributed by atoms with Crippen molar-refractivity contribution in [1.82, 2.24) is 15.2 Å². The molecule has 0 saturated heterocycles. The molecule has 0 aliphatic carbocycles. The average molecular weight is 333 g/mol. The van der Waals surface area contributed by atoms with E-state index in [-0.39, 0.29) is 22.8 Å². The highest BCUT2D eigenvalue weighted by atomic mass is 16.2. The minimum absolute atomic E-state index is 0.0781. The second-order valence-corrected chi connectivity index (χ2v) is 8.53. The Bertz CT molecular complexity index is 583. The van der Waals surface area contributed by atoms with Gasteiger partial charge in [-0.05, 0) is 24.6 Å². The molecular formula is C19H31N3O2. The summed E-state index contributed by atoms with van der Waals surface area (Å²) in [6.45, 7) is 14.3. The quantitative estimate of drug-likeness (QED) is 0.813. The number of amides is 1. The van der Waals surface area contributed by atoms with Crippen molar-refractivity contribution in [3.05, 3.63) is 29.6 Å². The van der Waals surface area contributed by atoms with Gasteiger partial charge < -0.3 is 10.2 Å². The summed E-state index contributed by atoms with van der Waals surface area (Å²) < 4.78 is 0. The molecule has 1 heterocycles. The molecule has 0 bridgehead atoms. The van der Waals surface area contributed by atoms with Crippen molar-refractivity contribution in [2.45, 2.75) is 41.5 Å². The van der Waals surface area contributed by atoms with Crippen LogP contribution in [0.3, 0.4) is 0 Å². The van der Waals surface area contributed by atoms with Crippen LogP contribution in [0.15, 0.2) is 18.3 Å². The minimum atomic E-state index is -0.551. The normalized spacial score (nSPS) is 12.3. The molecule has 1 rings (SSSR count). The Labute approximate surface area is 145 Å². The molecule has 0 radical (unpaired) electrons. The predicted molar refractivity (Wildman–Crippen MR) is 97.3 cm³/mol. The molecule has 0 atom stereocenters. The van der Waals surface area contributed by atoms with Crippen molar-refractivity contribution >= 4 is 11.7 Å². The Morgan fingerprint density at radius 3 is 2.33 bits per heavy atom. The van der Waals surface area contributed by atoms with Crippen LogP contribution in [0.5, 0.6) is 0 Å². The summed E-state index contributed by atoms with van der Waals surface area (Å²) in [5.74, 6) is -0.377. The summed E-state index contributed by atoms with van der Waals surface area (Å²) in [5.41, 5.74) is 0.248. The molecule has 0 aliphatic rings. The smallest absolute Gasteiger partial charge is 0.270 e. The first-order valence-electron chi connectivity index (χ1n) is 8.38. The average Bonchev–Trinajstić information content (AvgIpc) is 2.43. The maximum atomic E-state index is 12.5. The topological polar surface area (TPSA) is 62.3 Å². The zero-order valence-electron chi connectivity index (χ0n) is 16.1. The molecule has 0 fully saturated rings. The molecule has 0 aliphatic heterocycles. The number of pyridine rings is 1. The summed E-state index contributed by atoms with van der Waals surface area (Å²) in [6.07, 6.45) is 1.54. The lowest BCUT2D eigenvalue weighted by Crippen LogP contribution is -2.37. The van der Waals surface area contributed by atoms with E-state index in [2.05, 4.69) is 36.0 Å². The second-order valence-electron chi connectivity index (χ2n) is 8.53. The summed E-state index contributed by atoms with van der Waals surface area (Å²) in [4.78, 5) is 31.2. The molecule has 5 heteroatoms. The molecule has 134 valence electrons. The second kappa shape index (κ2) is 7.88. The summed E-state index contributed by atoms with van der Waals surface area (Å²) in [6, 6.07) is 3.36. The van der Waals surface area contributed by atoms with E-state index in [9.17, 15) is 9.59 Å². The fourth-order valence-corrected chi connectivity index (χ4v) is 2.51. The number of nitrogens with one attached hydrogen (secondary N) is 1. The van der Waals surface area contributed by atoms with E-state index >= 15 is 0 Å². The van der Waals surface area contributed by atoms with Gasteiger partial charge >= 0.3 is 0 Å². The van der Waals surface area contributed by atoms with Crippen molar-refractivity contribution in [3.8, 4) is 0 Å². The first kappa shape index (κ1) is 20.3. The van der Waals surface area contributed by atoms with Gasteiger partial charge in [-0.25, -0.2) is 0 Å². The Balaban J connectivity index is 2.71. The number of Topliss-reactive ketones (excluding diaryl/α,β-unsaturated/α-hetero) is 1. The Morgan fingerprint density at radius 2 is 1.79 bits per heavy atom. The first-order valence-corrected chi connectivity index (χ1v) is 8.38. The lowest BCUT2D eigenvalue weighted by molar-refractivity contribution is 0.0845.